The fraction of sp³-hybridized carbons (Fsp3) is 0. The lowest BCUT2D eigenvalue weighted by Gasteiger charge is -2.10. The zero-order valence-corrected chi connectivity index (χ0v) is 22.8. The van der Waals surface area contributed by atoms with Crippen molar-refractivity contribution in [2.75, 3.05) is 0 Å². The minimum Gasteiger partial charge on any atom is -0.456 e. The molecule has 0 N–H and O–H groups in total. The second kappa shape index (κ2) is 9.75. The zero-order valence-electron chi connectivity index (χ0n) is 32.8. The summed E-state index contributed by atoms with van der Waals surface area (Å²) in [6, 6.07) is 21.4. The first-order valence-electron chi connectivity index (χ1n) is 18.8. The average Bonchev–Trinajstić information content (AvgIpc) is 3.73. The molecule has 0 fully saturated rings. The molecule has 0 radical (unpaired) electrons. The van der Waals surface area contributed by atoms with E-state index < -0.39 is 60.4 Å². The number of para-hydroxylation sites is 2. The summed E-state index contributed by atoms with van der Waals surface area (Å²) in [5.74, 6) is -0.692. The van der Waals surface area contributed by atoms with Crippen LogP contribution in [0.3, 0.4) is 0 Å². The first-order chi connectivity index (χ1) is 26.0. The SMILES string of the molecule is [2H]c1c([2H])c([2H])c(-c2nc(-c3ccc4oc5cccc(-n6c7ccccc7c7ccccc76)c5c4c3)nc(-c3c([2H])c([2H])c([2H])c([2H])c3[2H])n2)c([2H])c1[2H]. The highest BCUT2D eigenvalue weighted by molar-refractivity contribution is 6.14. The van der Waals surface area contributed by atoms with Gasteiger partial charge in [-0.05, 0) is 42.5 Å². The molecule has 5 nitrogen and oxygen atoms in total. The molecule has 9 rings (SSSR count). The van der Waals surface area contributed by atoms with E-state index in [2.05, 4.69) is 43.8 Å². The molecule has 0 amide bonds. The Bertz CT molecular complexity index is 2880. The fourth-order valence-electron chi connectivity index (χ4n) is 5.77. The van der Waals surface area contributed by atoms with Crippen LogP contribution in [0.5, 0.6) is 0 Å². The van der Waals surface area contributed by atoms with E-state index in [1.165, 1.54) is 0 Å². The van der Waals surface area contributed by atoms with Crippen LogP contribution in [0.2, 0.25) is 0 Å². The van der Waals surface area contributed by atoms with Crippen LogP contribution < -0.4 is 0 Å². The zero-order chi connectivity index (χ0) is 37.7. The van der Waals surface area contributed by atoms with Crippen molar-refractivity contribution in [3.05, 3.63) is 145 Å². The Kier molecular flexibility index (Phi) is 3.66. The van der Waals surface area contributed by atoms with Crippen molar-refractivity contribution in [3.63, 3.8) is 0 Å². The van der Waals surface area contributed by atoms with E-state index in [1.54, 1.807) is 12.1 Å². The molecular formula is C39H24N4O. The van der Waals surface area contributed by atoms with Crippen LogP contribution in [-0.4, -0.2) is 19.5 Å². The van der Waals surface area contributed by atoms with Gasteiger partial charge in [0.15, 0.2) is 17.5 Å². The maximum Gasteiger partial charge on any atom is 0.164 e. The van der Waals surface area contributed by atoms with Crippen LogP contribution in [0.25, 0.3) is 83.6 Å². The van der Waals surface area contributed by atoms with Crippen LogP contribution in [-0.2, 0) is 0 Å². The summed E-state index contributed by atoms with van der Waals surface area (Å²) in [4.78, 5) is 13.6. The Labute approximate surface area is 266 Å². The van der Waals surface area contributed by atoms with E-state index in [0.717, 1.165) is 32.9 Å². The molecule has 3 aromatic heterocycles. The van der Waals surface area contributed by atoms with Crippen molar-refractivity contribution < 1.29 is 18.1 Å². The number of benzene rings is 6. The second-order valence-corrected chi connectivity index (χ2v) is 10.1. The van der Waals surface area contributed by atoms with Crippen LogP contribution >= 0.6 is 0 Å². The minimum absolute atomic E-state index is 0.0285. The molecule has 0 aliphatic carbocycles. The van der Waals surface area contributed by atoms with Crippen molar-refractivity contribution in [1.82, 2.24) is 19.5 Å². The molecule has 0 saturated carbocycles. The van der Waals surface area contributed by atoms with Crippen molar-refractivity contribution in [1.29, 1.82) is 0 Å². The quantitative estimate of drug-likeness (QED) is 0.210. The van der Waals surface area contributed by atoms with Gasteiger partial charge in [-0.15, -0.1) is 0 Å². The highest BCUT2D eigenvalue weighted by Gasteiger charge is 2.19. The van der Waals surface area contributed by atoms with E-state index in [1.807, 2.05) is 48.5 Å². The molecule has 3 heterocycles. The van der Waals surface area contributed by atoms with Crippen LogP contribution in [0.1, 0.15) is 13.7 Å². The molecular weight excluding hydrogens is 540 g/mol. The van der Waals surface area contributed by atoms with Gasteiger partial charge in [0.2, 0.25) is 0 Å². The standard InChI is InChI=1S/C39H24N4O/c1-3-12-25(13-4-1)37-40-38(26-14-5-2-6-15-26)42-39(41-37)27-22-23-34-30(24-27)36-33(20-11-21-35(36)44-34)43-31-18-9-7-16-28(31)29-17-8-10-19-32(29)43/h1-24H/i1D,2D,3D,4D,5D,6D,12D,13D,14D,15D. The van der Waals surface area contributed by atoms with Gasteiger partial charge in [0, 0.05) is 32.8 Å². The first kappa shape index (κ1) is 16.5. The van der Waals surface area contributed by atoms with E-state index in [9.17, 15) is 0 Å². The number of hydrogen-bond acceptors (Lipinski definition) is 4. The second-order valence-electron chi connectivity index (χ2n) is 10.1. The Hall–Kier alpha value is -6.07. The molecule has 206 valence electrons. The van der Waals surface area contributed by atoms with Crippen LogP contribution in [0.15, 0.2) is 150 Å². The van der Waals surface area contributed by atoms with Crippen LogP contribution in [0.4, 0.5) is 0 Å². The summed E-state index contributed by atoms with van der Waals surface area (Å²) in [5.41, 5.74) is 3.79. The first-order valence-corrected chi connectivity index (χ1v) is 13.8. The van der Waals surface area contributed by atoms with E-state index in [-0.39, 0.29) is 28.6 Å². The van der Waals surface area contributed by atoms with Gasteiger partial charge >= 0.3 is 0 Å². The van der Waals surface area contributed by atoms with E-state index in [0.29, 0.717) is 22.1 Å². The Morgan fingerprint density at radius 2 is 1.07 bits per heavy atom. The Morgan fingerprint density at radius 1 is 0.500 bits per heavy atom. The lowest BCUT2D eigenvalue weighted by atomic mass is 10.1. The molecule has 0 aliphatic heterocycles. The monoisotopic (exact) mass is 574 g/mol. The van der Waals surface area contributed by atoms with Crippen molar-refractivity contribution >= 4 is 43.7 Å². The predicted molar refractivity (Wildman–Crippen MR) is 178 cm³/mol. The topological polar surface area (TPSA) is 56.7 Å². The van der Waals surface area contributed by atoms with Gasteiger partial charge in [0.05, 0.1) is 35.8 Å². The van der Waals surface area contributed by atoms with Gasteiger partial charge in [-0.2, -0.15) is 0 Å². The maximum absolute atomic E-state index is 8.64. The normalized spacial score (nSPS) is 14.8. The Morgan fingerprint density at radius 3 is 1.68 bits per heavy atom. The minimum atomic E-state index is -0.610. The molecule has 0 spiro atoms. The molecule has 0 unspecified atom stereocenters. The molecule has 6 aromatic carbocycles. The number of hydrogen-bond donors (Lipinski definition) is 0. The van der Waals surface area contributed by atoms with Crippen molar-refractivity contribution in [2.45, 2.75) is 0 Å². The number of aromatic nitrogens is 4. The number of rotatable bonds is 4. The molecule has 0 bridgehead atoms. The predicted octanol–water partition coefficient (Wildman–Crippen LogP) is 9.87. The average molecular weight is 575 g/mol. The van der Waals surface area contributed by atoms with E-state index in [4.69, 9.17) is 18.1 Å². The van der Waals surface area contributed by atoms with Crippen molar-refractivity contribution in [2.24, 2.45) is 0 Å². The molecule has 9 aromatic rings. The number of fused-ring (bicyclic) bond motifs is 6. The van der Waals surface area contributed by atoms with Gasteiger partial charge in [0.25, 0.3) is 0 Å². The molecule has 0 aliphatic rings. The van der Waals surface area contributed by atoms with Gasteiger partial charge < -0.3 is 8.98 Å². The lowest BCUT2D eigenvalue weighted by Crippen LogP contribution is -2.00. The third-order valence-electron chi connectivity index (χ3n) is 7.63. The largest absolute Gasteiger partial charge is 0.456 e. The summed E-state index contributed by atoms with van der Waals surface area (Å²) < 4.78 is 92.4. The fourth-order valence-corrected chi connectivity index (χ4v) is 5.77. The molecule has 0 saturated heterocycles. The molecule has 0 atom stereocenters. The van der Waals surface area contributed by atoms with Gasteiger partial charge in [0.1, 0.15) is 11.2 Å². The summed E-state index contributed by atoms with van der Waals surface area (Å²) in [5, 5.41) is 3.67. The number of nitrogens with zero attached hydrogens (tertiary/aromatic N) is 4. The van der Waals surface area contributed by atoms with Gasteiger partial charge in [-0.1, -0.05) is 103 Å². The van der Waals surface area contributed by atoms with Crippen LogP contribution in [0, 0.1) is 0 Å². The van der Waals surface area contributed by atoms with Crippen molar-refractivity contribution in [3.8, 4) is 39.9 Å². The third-order valence-corrected chi connectivity index (χ3v) is 7.63. The number of furan rings is 1. The third kappa shape index (κ3) is 3.83. The summed E-state index contributed by atoms with van der Waals surface area (Å²) in [7, 11) is 0. The summed E-state index contributed by atoms with van der Waals surface area (Å²) in [6.45, 7) is 0. The molecule has 44 heavy (non-hydrogen) atoms. The summed E-state index contributed by atoms with van der Waals surface area (Å²) in [6.07, 6.45) is 0. The highest BCUT2D eigenvalue weighted by atomic mass is 16.3. The molecule has 5 heteroatoms. The van der Waals surface area contributed by atoms with E-state index >= 15 is 0 Å². The Balaban J connectivity index is 1.34. The maximum atomic E-state index is 8.64. The highest BCUT2D eigenvalue weighted by Crippen LogP contribution is 2.39. The van der Waals surface area contributed by atoms with Gasteiger partial charge in [-0.25, -0.2) is 15.0 Å². The lowest BCUT2D eigenvalue weighted by molar-refractivity contribution is 0.669. The van der Waals surface area contributed by atoms with Gasteiger partial charge in [-0.3, -0.25) is 0 Å². The summed E-state index contributed by atoms with van der Waals surface area (Å²) >= 11 is 0. The smallest absolute Gasteiger partial charge is 0.164 e.